The first kappa shape index (κ1) is 14.4. The van der Waals surface area contributed by atoms with Gasteiger partial charge in [-0.2, -0.15) is 0 Å². The van der Waals surface area contributed by atoms with Crippen LogP contribution in [0.5, 0.6) is 0 Å². The Labute approximate surface area is 114 Å². The molecule has 0 aliphatic carbocycles. The maximum atomic E-state index is 12.2. The molecular formula is C13H20N2O3S. The van der Waals surface area contributed by atoms with Gasteiger partial charge in [-0.25, -0.2) is 12.7 Å². The van der Waals surface area contributed by atoms with Crippen molar-refractivity contribution in [1.82, 2.24) is 9.29 Å². The second-order valence-electron chi connectivity index (χ2n) is 4.95. The van der Waals surface area contributed by atoms with Crippen LogP contribution in [0.15, 0.2) is 24.5 Å². The van der Waals surface area contributed by atoms with E-state index in [2.05, 4.69) is 4.98 Å². The lowest BCUT2D eigenvalue weighted by Gasteiger charge is -2.16. The maximum absolute atomic E-state index is 12.2. The fraction of sp³-hybridized carbons (Fsp3) is 0.615. The molecule has 1 aliphatic heterocycles. The number of rotatable bonds is 6. The molecule has 0 amide bonds. The van der Waals surface area contributed by atoms with Crippen LogP contribution < -0.4 is 0 Å². The Kier molecular flexibility index (Phi) is 4.90. The van der Waals surface area contributed by atoms with Crippen LogP contribution in [0.3, 0.4) is 0 Å². The van der Waals surface area contributed by atoms with Gasteiger partial charge >= 0.3 is 0 Å². The highest BCUT2D eigenvalue weighted by Gasteiger charge is 2.30. The molecule has 19 heavy (non-hydrogen) atoms. The quantitative estimate of drug-likeness (QED) is 0.833. The zero-order valence-corrected chi connectivity index (χ0v) is 11.7. The van der Waals surface area contributed by atoms with Crippen molar-refractivity contribution in [3.8, 4) is 0 Å². The largest absolute Gasteiger partial charge is 0.396 e. The Morgan fingerprint density at radius 1 is 1.37 bits per heavy atom. The number of hydrogen-bond acceptors (Lipinski definition) is 4. The minimum Gasteiger partial charge on any atom is -0.396 e. The van der Waals surface area contributed by atoms with Gasteiger partial charge in [-0.1, -0.05) is 0 Å². The predicted molar refractivity (Wildman–Crippen MR) is 73.1 cm³/mol. The van der Waals surface area contributed by atoms with E-state index >= 15 is 0 Å². The molecular weight excluding hydrogens is 264 g/mol. The molecule has 106 valence electrons. The van der Waals surface area contributed by atoms with Crippen LogP contribution in [0.25, 0.3) is 0 Å². The zero-order valence-electron chi connectivity index (χ0n) is 10.9. The lowest BCUT2D eigenvalue weighted by Crippen LogP contribution is -2.31. The van der Waals surface area contributed by atoms with E-state index in [4.69, 9.17) is 5.11 Å². The van der Waals surface area contributed by atoms with Crippen molar-refractivity contribution in [1.29, 1.82) is 0 Å². The molecule has 1 unspecified atom stereocenters. The van der Waals surface area contributed by atoms with Crippen LogP contribution in [0.4, 0.5) is 0 Å². The fourth-order valence-electron chi connectivity index (χ4n) is 2.39. The maximum Gasteiger partial charge on any atom is 0.214 e. The second kappa shape index (κ2) is 6.45. The Bertz CT molecular complexity index is 490. The van der Waals surface area contributed by atoms with Gasteiger partial charge in [0.05, 0.1) is 5.75 Å². The molecule has 1 saturated heterocycles. The molecule has 1 fully saturated rings. The monoisotopic (exact) mass is 284 g/mol. The van der Waals surface area contributed by atoms with Crippen LogP contribution in [-0.2, 0) is 16.4 Å². The van der Waals surface area contributed by atoms with E-state index < -0.39 is 10.0 Å². The lowest BCUT2D eigenvalue weighted by molar-refractivity contribution is 0.259. The minimum atomic E-state index is -3.18. The number of hydrogen-bond donors (Lipinski definition) is 1. The summed E-state index contributed by atoms with van der Waals surface area (Å²) in [6.07, 6.45) is 5.42. The number of aromatic nitrogens is 1. The molecule has 0 aromatic carbocycles. The van der Waals surface area contributed by atoms with Crippen LogP contribution in [-0.4, -0.2) is 48.3 Å². The summed E-state index contributed by atoms with van der Waals surface area (Å²) in [5.74, 6) is 0.448. The van der Waals surface area contributed by atoms with Crippen molar-refractivity contribution >= 4 is 10.0 Å². The minimum absolute atomic E-state index is 0.134. The SMILES string of the molecule is O=S(=O)(CCc1ccncc1)N1CCC(CCO)C1. The summed E-state index contributed by atoms with van der Waals surface area (Å²) in [5.41, 5.74) is 0.990. The second-order valence-corrected chi connectivity index (χ2v) is 7.03. The van der Waals surface area contributed by atoms with Crippen molar-refractivity contribution in [2.75, 3.05) is 25.4 Å². The van der Waals surface area contributed by atoms with Crippen LogP contribution in [0.2, 0.25) is 0 Å². The predicted octanol–water partition coefficient (Wildman–Crippen LogP) is 0.658. The fourth-order valence-corrected chi connectivity index (χ4v) is 3.97. The van der Waals surface area contributed by atoms with Crippen molar-refractivity contribution < 1.29 is 13.5 Å². The van der Waals surface area contributed by atoms with E-state index in [-0.39, 0.29) is 12.4 Å². The molecule has 0 saturated carbocycles. The van der Waals surface area contributed by atoms with Gasteiger partial charge in [-0.05, 0) is 42.9 Å². The molecule has 1 N–H and O–H groups in total. The average molecular weight is 284 g/mol. The van der Waals surface area contributed by atoms with Gasteiger partial charge in [0.1, 0.15) is 0 Å². The highest BCUT2D eigenvalue weighted by molar-refractivity contribution is 7.89. The first-order chi connectivity index (χ1) is 9.12. The summed E-state index contributed by atoms with van der Waals surface area (Å²) in [5, 5.41) is 8.89. The molecule has 0 spiro atoms. The highest BCUT2D eigenvalue weighted by atomic mass is 32.2. The molecule has 2 heterocycles. The van der Waals surface area contributed by atoms with E-state index in [1.807, 2.05) is 12.1 Å². The number of aryl methyl sites for hydroxylation is 1. The Morgan fingerprint density at radius 3 is 2.79 bits per heavy atom. The van der Waals surface area contributed by atoms with Gasteiger partial charge in [0.2, 0.25) is 10.0 Å². The third kappa shape index (κ3) is 3.99. The van der Waals surface area contributed by atoms with E-state index in [9.17, 15) is 8.42 Å². The summed E-state index contributed by atoms with van der Waals surface area (Å²) in [6, 6.07) is 3.68. The molecule has 1 atom stereocenters. The standard InChI is InChI=1S/C13H20N2O3S/c16-9-4-13-3-8-15(11-13)19(17,18)10-5-12-1-6-14-7-2-12/h1-2,6-7,13,16H,3-5,8-11H2. The van der Waals surface area contributed by atoms with Crippen LogP contribution in [0.1, 0.15) is 18.4 Å². The van der Waals surface area contributed by atoms with Crippen molar-refractivity contribution in [2.24, 2.45) is 5.92 Å². The van der Waals surface area contributed by atoms with E-state index in [1.54, 1.807) is 16.7 Å². The van der Waals surface area contributed by atoms with Gasteiger partial charge in [0.15, 0.2) is 0 Å². The number of nitrogens with zero attached hydrogens (tertiary/aromatic N) is 2. The number of aliphatic hydroxyl groups is 1. The highest BCUT2D eigenvalue weighted by Crippen LogP contribution is 2.22. The number of aliphatic hydroxyl groups excluding tert-OH is 1. The smallest absolute Gasteiger partial charge is 0.214 e. The Hall–Kier alpha value is -0.980. The van der Waals surface area contributed by atoms with Gasteiger partial charge in [0.25, 0.3) is 0 Å². The summed E-state index contributed by atoms with van der Waals surface area (Å²) in [7, 11) is -3.18. The summed E-state index contributed by atoms with van der Waals surface area (Å²) >= 11 is 0. The van der Waals surface area contributed by atoms with Crippen molar-refractivity contribution in [3.63, 3.8) is 0 Å². The molecule has 0 bridgehead atoms. The first-order valence-electron chi connectivity index (χ1n) is 6.59. The topological polar surface area (TPSA) is 70.5 Å². The van der Waals surface area contributed by atoms with Gasteiger partial charge < -0.3 is 5.11 Å². The van der Waals surface area contributed by atoms with Crippen molar-refractivity contribution in [3.05, 3.63) is 30.1 Å². The lowest BCUT2D eigenvalue weighted by atomic mass is 10.1. The zero-order chi connectivity index (χ0) is 13.7. The van der Waals surface area contributed by atoms with E-state index in [0.717, 1.165) is 12.0 Å². The molecule has 1 aromatic heterocycles. The molecule has 0 radical (unpaired) electrons. The summed E-state index contributed by atoms with van der Waals surface area (Å²) in [4.78, 5) is 3.91. The molecule has 2 rings (SSSR count). The number of sulfonamides is 1. The Morgan fingerprint density at radius 2 is 2.11 bits per heavy atom. The van der Waals surface area contributed by atoms with Crippen LogP contribution in [0, 0.1) is 5.92 Å². The van der Waals surface area contributed by atoms with Crippen molar-refractivity contribution in [2.45, 2.75) is 19.3 Å². The third-order valence-electron chi connectivity index (χ3n) is 3.58. The summed E-state index contributed by atoms with van der Waals surface area (Å²) in [6.45, 7) is 1.28. The molecule has 1 aliphatic rings. The molecule has 6 heteroatoms. The van der Waals surface area contributed by atoms with Gasteiger partial charge in [-0.15, -0.1) is 0 Å². The third-order valence-corrected chi connectivity index (χ3v) is 5.42. The average Bonchev–Trinajstić information content (AvgIpc) is 2.88. The summed E-state index contributed by atoms with van der Waals surface area (Å²) < 4.78 is 26.0. The van der Waals surface area contributed by atoms with Gasteiger partial charge in [-0.3, -0.25) is 4.98 Å². The first-order valence-corrected chi connectivity index (χ1v) is 8.20. The van der Waals surface area contributed by atoms with Crippen LogP contribution >= 0.6 is 0 Å². The Balaban J connectivity index is 1.89. The van der Waals surface area contributed by atoms with E-state index in [0.29, 0.717) is 31.8 Å². The normalized spacial score (nSPS) is 20.8. The molecule has 5 nitrogen and oxygen atoms in total. The van der Waals surface area contributed by atoms with Gasteiger partial charge in [0, 0.05) is 32.1 Å². The molecule has 1 aromatic rings. The number of pyridine rings is 1. The van der Waals surface area contributed by atoms with E-state index in [1.165, 1.54) is 0 Å².